The highest BCUT2D eigenvalue weighted by molar-refractivity contribution is 4.98. The van der Waals surface area contributed by atoms with Gasteiger partial charge in [-0.2, -0.15) is 0 Å². The fourth-order valence-corrected chi connectivity index (χ4v) is 2.13. The molecule has 0 saturated heterocycles. The van der Waals surface area contributed by atoms with Crippen LogP contribution in [0.1, 0.15) is 40.0 Å². The van der Waals surface area contributed by atoms with E-state index in [0.717, 1.165) is 11.8 Å². The number of terminal acetylenes is 1. The van der Waals surface area contributed by atoms with Crippen LogP contribution >= 0.6 is 0 Å². The second kappa shape index (κ2) is 4.67. The molecule has 4 atom stereocenters. The third kappa shape index (κ3) is 3.04. The van der Waals surface area contributed by atoms with Gasteiger partial charge in [0.15, 0.2) is 0 Å². The molecule has 1 rings (SSSR count). The highest BCUT2D eigenvalue weighted by Gasteiger charge is 2.25. The van der Waals surface area contributed by atoms with Crippen molar-refractivity contribution >= 4 is 0 Å². The molecular formula is C12H21N. The van der Waals surface area contributed by atoms with Crippen molar-refractivity contribution in [1.29, 1.82) is 0 Å². The van der Waals surface area contributed by atoms with Crippen LogP contribution in [0.25, 0.3) is 0 Å². The molecule has 0 amide bonds. The van der Waals surface area contributed by atoms with Gasteiger partial charge in [-0.05, 0) is 31.6 Å². The molecule has 1 aliphatic carbocycles. The van der Waals surface area contributed by atoms with Gasteiger partial charge in [0.05, 0.1) is 6.04 Å². The normalized spacial score (nSPS) is 36.6. The van der Waals surface area contributed by atoms with E-state index in [1.54, 1.807) is 0 Å². The second-order valence-electron chi connectivity index (χ2n) is 4.56. The van der Waals surface area contributed by atoms with Gasteiger partial charge in [0.25, 0.3) is 0 Å². The van der Waals surface area contributed by atoms with Crippen molar-refractivity contribution in [3.8, 4) is 12.3 Å². The lowest BCUT2D eigenvalue weighted by molar-refractivity contribution is 0.224. The molecule has 4 unspecified atom stereocenters. The van der Waals surface area contributed by atoms with Crippen LogP contribution in [0, 0.1) is 24.2 Å². The van der Waals surface area contributed by atoms with E-state index in [2.05, 4.69) is 32.0 Å². The Bertz CT molecular complexity index is 192. The summed E-state index contributed by atoms with van der Waals surface area (Å²) >= 11 is 0. The zero-order chi connectivity index (χ0) is 9.84. The van der Waals surface area contributed by atoms with Crippen molar-refractivity contribution in [3.05, 3.63) is 0 Å². The zero-order valence-electron chi connectivity index (χ0n) is 9.01. The van der Waals surface area contributed by atoms with Gasteiger partial charge in [0, 0.05) is 6.04 Å². The van der Waals surface area contributed by atoms with Crippen LogP contribution in [0.15, 0.2) is 0 Å². The van der Waals surface area contributed by atoms with Crippen LogP contribution in [-0.4, -0.2) is 12.1 Å². The molecule has 1 fully saturated rings. The molecule has 1 N–H and O–H groups in total. The largest absolute Gasteiger partial charge is 0.301 e. The third-order valence-corrected chi connectivity index (χ3v) is 3.17. The first-order chi connectivity index (χ1) is 6.13. The Balaban J connectivity index is 2.42. The molecule has 0 heterocycles. The van der Waals surface area contributed by atoms with Crippen LogP contribution in [0.5, 0.6) is 0 Å². The van der Waals surface area contributed by atoms with Crippen molar-refractivity contribution < 1.29 is 0 Å². The lowest BCUT2D eigenvalue weighted by Crippen LogP contribution is -2.43. The maximum Gasteiger partial charge on any atom is 0.0660 e. The van der Waals surface area contributed by atoms with E-state index in [1.807, 2.05) is 0 Å². The summed E-state index contributed by atoms with van der Waals surface area (Å²) in [5.41, 5.74) is 0. The van der Waals surface area contributed by atoms with Gasteiger partial charge in [-0.1, -0.05) is 26.2 Å². The van der Waals surface area contributed by atoms with E-state index in [4.69, 9.17) is 6.42 Å². The maximum absolute atomic E-state index is 5.36. The summed E-state index contributed by atoms with van der Waals surface area (Å²) in [5, 5.41) is 3.51. The van der Waals surface area contributed by atoms with Gasteiger partial charge in [-0.25, -0.2) is 0 Å². The molecule has 74 valence electrons. The number of hydrogen-bond donors (Lipinski definition) is 1. The Morgan fingerprint density at radius 1 is 1.38 bits per heavy atom. The smallest absolute Gasteiger partial charge is 0.0660 e. The predicted molar refractivity (Wildman–Crippen MR) is 57.4 cm³/mol. The van der Waals surface area contributed by atoms with E-state index in [-0.39, 0.29) is 6.04 Å². The highest BCUT2D eigenvalue weighted by atomic mass is 14.9. The summed E-state index contributed by atoms with van der Waals surface area (Å²) in [6, 6.07) is 0.854. The standard InChI is InChI=1S/C12H21N/c1-5-11(4)13-12-8-9(2)6-7-10(12)3/h1,9-13H,6-8H2,2-4H3. The maximum atomic E-state index is 5.36. The van der Waals surface area contributed by atoms with E-state index in [0.29, 0.717) is 6.04 Å². The molecule has 0 aromatic heterocycles. The summed E-state index contributed by atoms with van der Waals surface area (Å²) in [5.74, 6) is 4.38. The summed E-state index contributed by atoms with van der Waals surface area (Å²) in [7, 11) is 0. The van der Waals surface area contributed by atoms with Crippen LogP contribution in [-0.2, 0) is 0 Å². The monoisotopic (exact) mass is 179 g/mol. The predicted octanol–water partition coefficient (Wildman–Crippen LogP) is 2.42. The molecule has 0 aliphatic heterocycles. The minimum Gasteiger partial charge on any atom is -0.301 e. The molecule has 1 heteroatoms. The van der Waals surface area contributed by atoms with Crippen molar-refractivity contribution in [2.24, 2.45) is 11.8 Å². The molecule has 1 nitrogen and oxygen atoms in total. The Morgan fingerprint density at radius 3 is 2.69 bits per heavy atom. The fourth-order valence-electron chi connectivity index (χ4n) is 2.13. The zero-order valence-corrected chi connectivity index (χ0v) is 9.01. The Labute approximate surface area is 82.3 Å². The van der Waals surface area contributed by atoms with Crippen molar-refractivity contribution in [2.45, 2.75) is 52.1 Å². The summed E-state index contributed by atoms with van der Waals surface area (Å²) in [4.78, 5) is 0. The molecule has 1 saturated carbocycles. The van der Waals surface area contributed by atoms with Crippen LogP contribution in [0.2, 0.25) is 0 Å². The number of nitrogens with one attached hydrogen (secondary N) is 1. The van der Waals surface area contributed by atoms with Crippen LogP contribution < -0.4 is 5.32 Å². The average Bonchev–Trinajstić information content (AvgIpc) is 2.11. The van der Waals surface area contributed by atoms with Crippen LogP contribution in [0.3, 0.4) is 0 Å². The molecule has 1 aliphatic rings. The van der Waals surface area contributed by atoms with Crippen LogP contribution in [0.4, 0.5) is 0 Å². The second-order valence-corrected chi connectivity index (χ2v) is 4.56. The molecule has 0 spiro atoms. The van der Waals surface area contributed by atoms with Crippen molar-refractivity contribution in [2.75, 3.05) is 0 Å². The van der Waals surface area contributed by atoms with Gasteiger partial charge in [0.1, 0.15) is 0 Å². The van der Waals surface area contributed by atoms with Gasteiger partial charge in [0.2, 0.25) is 0 Å². The van der Waals surface area contributed by atoms with E-state index in [1.165, 1.54) is 19.3 Å². The van der Waals surface area contributed by atoms with Gasteiger partial charge in [-0.15, -0.1) is 6.42 Å². The molecule has 0 aromatic carbocycles. The number of rotatable bonds is 2. The van der Waals surface area contributed by atoms with E-state index in [9.17, 15) is 0 Å². The van der Waals surface area contributed by atoms with E-state index >= 15 is 0 Å². The summed E-state index contributed by atoms with van der Waals surface area (Å²) in [6.45, 7) is 6.72. The van der Waals surface area contributed by atoms with Gasteiger partial charge in [-0.3, -0.25) is 0 Å². The van der Waals surface area contributed by atoms with Gasteiger partial charge < -0.3 is 5.32 Å². The van der Waals surface area contributed by atoms with Crippen molar-refractivity contribution in [1.82, 2.24) is 5.32 Å². The first-order valence-corrected chi connectivity index (χ1v) is 5.35. The minimum atomic E-state index is 0.220. The van der Waals surface area contributed by atoms with E-state index < -0.39 is 0 Å². The van der Waals surface area contributed by atoms with Crippen molar-refractivity contribution in [3.63, 3.8) is 0 Å². The fraction of sp³-hybridized carbons (Fsp3) is 0.833. The third-order valence-electron chi connectivity index (χ3n) is 3.17. The average molecular weight is 179 g/mol. The molecule has 0 aromatic rings. The first kappa shape index (κ1) is 10.6. The van der Waals surface area contributed by atoms with Gasteiger partial charge >= 0.3 is 0 Å². The first-order valence-electron chi connectivity index (χ1n) is 5.35. The molecular weight excluding hydrogens is 158 g/mol. The minimum absolute atomic E-state index is 0.220. The molecule has 13 heavy (non-hydrogen) atoms. The Kier molecular flexibility index (Phi) is 3.81. The lowest BCUT2D eigenvalue weighted by Gasteiger charge is -2.34. The lowest BCUT2D eigenvalue weighted by atomic mass is 9.80. The topological polar surface area (TPSA) is 12.0 Å². The SMILES string of the molecule is C#CC(C)NC1CC(C)CCC1C. The summed E-state index contributed by atoms with van der Waals surface area (Å²) < 4.78 is 0. The number of hydrogen-bond acceptors (Lipinski definition) is 1. The quantitative estimate of drug-likeness (QED) is 0.642. The molecule has 0 bridgehead atoms. The highest BCUT2D eigenvalue weighted by Crippen LogP contribution is 2.28. The summed E-state index contributed by atoms with van der Waals surface area (Å²) in [6.07, 6.45) is 9.36. The Hall–Kier alpha value is -0.480. The Morgan fingerprint density at radius 2 is 2.08 bits per heavy atom. The molecule has 0 radical (unpaired) electrons.